The highest BCUT2D eigenvalue weighted by molar-refractivity contribution is 7.90. The quantitative estimate of drug-likeness (QED) is 0.376. The van der Waals surface area contributed by atoms with Gasteiger partial charge >= 0.3 is 6.01 Å². The van der Waals surface area contributed by atoms with Crippen LogP contribution < -0.4 is 15.2 Å². The summed E-state index contributed by atoms with van der Waals surface area (Å²) >= 11 is 12.2. The standard InChI is InChI=1S/C25H28Cl2N4O4S/c1-15(36(28,33)34)23(32)25(2,3)18-7-5-6-17(12-18)21-14-22(31-24(30-21)35-4)29-11-10-16-8-9-19(26)13-20(16)27/h5-9,12-15H,10-11H2,1-4H3,(H2,28,33,34)(H,29,30,31). The first-order valence-corrected chi connectivity index (χ1v) is 13.5. The first-order chi connectivity index (χ1) is 16.8. The first-order valence-electron chi connectivity index (χ1n) is 11.1. The summed E-state index contributed by atoms with van der Waals surface area (Å²) in [5.41, 5.74) is 1.76. The lowest BCUT2D eigenvalue weighted by atomic mass is 9.79. The number of methoxy groups -OCH3 is 1. The summed E-state index contributed by atoms with van der Waals surface area (Å²) < 4.78 is 28.8. The molecule has 3 N–H and O–H groups in total. The average Bonchev–Trinajstić information content (AvgIpc) is 2.83. The number of halogens is 2. The van der Waals surface area contributed by atoms with Crippen molar-refractivity contribution in [2.24, 2.45) is 5.14 Å². The molecule has 0 aliphatic carbocycles. The zero-order valence-corrected chi connectivity index (χ0v) is 22.7. The molecular weight excluding hydrogens is 523 g/mol. The molecule has 3 rings (SSSR count). The number of nitrogens with one attached hydrogen (secondary N) is 1. The van der Waals surface area contributed by atoms with Crippen molar-refractivity contribution in [3.8, 4) is 17.3 Å². The van der Waals surface area contributed by atoms with Gasteiger partial charge in [0.1, 0.15) is 11.1 Å². The molecule has 0 bridgehead atoms. The molecule has 0 aliphatic heterocycles. The van der Waals surface area contributed by atoms with Crippen LogP contribution in [-0.2, 0) is 26.7 Å². The number of sulfonamides is 1. The summed E-state index contributed by atoms with van der Waals surface area (Å²) in [5.74, 6) is 0.0520. The molecule has 1 heterocycles. The van der Waals surface area contributed by atoms with Gasteiger partial charge in [0.25, 0.3) is 0 Å². The van der Waals surface area contributed by atoms with Crippen LogP contribution in [-0.4, -0.2) is 43.1 Å². The maximum atomic E-state index is 13.0. The Morgan fingerprint density at radius 2 is 1.86 bits per heavy atom. The highest BCUT2D eigenvalue weighted by Crippen LogP contribution is 2.31. The summed E-state index contributed by atoms with van der Waals surface area (Å²) in [7, 11) is -2.54. The third-order valence-corrected chi connectivity index (χ3v) is 7.75. The van der Waals surface area contributed by atoms with E-state index in [1.54, 1.807) is 50.2 Å². The lowest BCUT2D eigenvalue weighted by molar-refractivity contribution is -0.122. The van der Waals surface area contributed by atoms with Crippen LogP contribution in [0.3, 0.4) is 0 Å². The van der Waals surface area contributed by atoms with Gasteiger partial charge < -0.3 is 10.1 Å². The molecule has 8 nitrogen and oxygen atoms in total. The molecule has 192 valence electrons. The number of aromatic nitrogens is 2. The predicted molar refractivity (Wildman–Crippen MR) is 143 cm³/mol. The molecule has 0 saturated carbocycles. The van der Waals surface area contributed by atoms with Crippen molar-refractivity contribution < 1.29 is 17.9 Å². The summed E-state index contributed by atoms with van der Waals surface area (Å²) in [6, 6.07) is 14.5. The summed E-state index contributed by atoms with van der Waals surface area (Å²) in [6.45, 7) is 5.19. The molecule has 0 spiro atoms. The van der Waals surface area contributed by atoms with Crippen LogP contribution in [0, 0.1) is 0 Å². The third-order valence-electron chi connectivity index (χ3n) is 5.96. The molecule has 0 fully saturated rings. The van der Waals surface area contributed by atoms with E-state index in [0.29, 0.717) is 45.6 Å². The van der Waals surface area contributed by atoms with Gasteiger partial charge in [-0.1, -0.05) is 47.5 Å². The van der Waals surface area contributed by atoms with Crippen LogP contribution in [0.1, 0.15) is 31.9 Å². The van der Waals surface area contributed by atoms with Crippen molar-refractivity contribution in [2.45, 2.75) is 37.9 Å². The molecule has 0 radical (unpaired) electrons. The molecule has 1 unspecified atom stereocenters. The van der Waals surface area contributed by atoms with Gasteiger partial charge in [-0.3, -0.25) is 4.79 Å². The predicted octanol–water partition coefficient (Wildman–Crippen LogP) is 4.64. The van der Waals surface area contributed by atoms with E-state index in [9.17, 15) is 13.2 Å². The van der Waals surface area contributed by atoms with E-state index < -0.39 is 26.5 Å². The number of anilines is 1. The number of carbonyl (C=O) groups excluding carboxylic acids is 1. The van der Waals surface area contributed by atoms with E-state index in [1.165, 1.54) is 14.0 Å². The SMILES string of the molecule is COc1nc(NCCc2ccc(Cl)cc2Cl)cc(-c2cccc(C(C)(C)C(=O)C(C)S(N)(=O)=O)c2)n1. The zero-order valence-electron chi connectivity index (χ0n) is 20.4. The molecule has 11 heteroatoms. The van der Waals surface area contributed by atoms with Gasteiger partial charge in [-0.15, -0.1) is 0 Å². The van der Waals surface area contributed by atoms with Crippen LogP contribution in [0.25, 0.3) is 11.3 Å². The highest BCUT2D eigenvalue weighted by Gasteiger charge is 2.38. The maximum absolute atomic E-state index is 13.0. The fourth-order valence-corrected chi connectivity index (χ4v) is 4.77. The minimum atomic E-state index is -4.01. The minimum absolute atomic E-state index is 0.170. The summed E-state index contributed by atoms with van der Waals surface area (Å²) in [5, 5.41) is 8.31. The number of benzene rings is 2. The van der Waals surface area contributed by atoms with E-state index in [-0.39, 0.29) is 6.01 Å². The van der Waals surface area contributed by atoms with Gasteiger partial charge in [-0.05, 0) is 56.5 Å². The van der Waals surface area contributed by atoms with Crippen LogP contribution in [0.4, 0.5) is 5.82 Å². The first kappa shape index (κ1) is 27.9. The van der Waals surface area contributed by atoms with E-state index >= 15 is 0 Å². The third kappa shape index (κ3) is 6.53. The zero-order chi connectivity index (χ0) is 26.7. The lowest BCUT2D eigenvalue weighted by Gasteiger charge is -2.26. The average molecular weight is 551 g/mol. The second-order valence-corrected chi connectivity index (χ2v) is 11.6. The van der Waals surface area contributed by atoms with Gasteiger partial charge in [0.15, 0.2) is 5.78 Å². The largest absolute Gasteiger partial charge is 0.467 e. The Kier molecular flexibility index (Phi) is 8.61. The minimum Gasteiger partial charge on any atom is -0.467 e. The number of hydrogen-bond donors (Lipinski definition) is 2. The van der Waals surface area contributed by atoms with Gasteiger partial charge in [0, 0.05) is 33.6 Å². The highest BCUT2D eigenvalue weighted by atomic mass is 35.5. The Bertz CT molecular complexity index is 1380. The van der Waals surface area contributed by atoms with Crippen molar-refractivity contribution in [3.63, 3.8) is 0 Å². The Morgan fingerprint density at radius 3 is 2.50 bits per heavy atom. The van der Waals surface area contributed by atoms with Crippen molar-refractivity contribution >= 4 is 44.8 Å². The fourth-order valence-electron chi connectivity index (χ4n) is 3.67. The van der Waals surface area contributed by atoms with Crippen LogP contribution in [0.15, 0.2) is 48.5 Å². The van der Waals surface area contributed by atoms with Crippen LogP contribution in [0.5, 0.6) is 6.01 Å². The van der Waals surface area contributed by atoms with Gasteiger partial charge in [-0.2, -0.15) is 9.97 Å². The molecule has 0 amide bonds. The Morgan fingerprint density at radius 1 is 1.14 bits per heavy atom. The maximum Gasteiger partial charge on any atom is 0.318 e. The molecule has 0 saturated heterocycles. The van der Waals surface area contributed by atoms with Crippen molar-refractivity contribution in [2.75, 3.05) is 19.0 Å². The molecule has 3 aromatic rings. The van der Waals surface area contributed by atoms with E-state index in [2.05, 4.69) is 15.3 Å². The van der Waals surface area contributed by atoms with Gasteiger partial charge in [0.05, 0.1) is 12.8 Å². The molecular formula is C25H28Cl2N4O4S. The van der Waals surface area contributed by atoms with Crippen molar-refractivity contribution in [3.05, 3.63) is 69.7 Å². The number of nitrogens with two attached hydrogens (primary N) is 1. The number of ketones is 1. The Hall–Kier alpha value is -2.72. The molecule has 1 atom stereocenters. The molecule has 1 aromatic heterocycles. The van der Waals surface area contributed by atoms with E-state index in [4.69, 9.17) is 33.1 Å². The Balaban J connectivity index is 1.86. The van der Waals surface area contributed by atoms with E-state index in [0.717, 1.165) is 5.56 Å². The van der Waals surface area contributed by atoms with Crippen molar-refractivity contribution in [1.29, 1.82) is 0 Å². The Labute approximate surface area is 221 Å². The number of rotatable bonds is 10. The second kappa shape index (κ2) is 11.1. The second-order valence-electron chi connectivity index (χ2n) is 8.84. The topological polar surface area (TPSA) is 124 Å². The van der Waals surface area contributed by atoms with Crippen LogP contribution in [0.2, 0.25) is 10.0 Å². The van der Waals surface area contributed by atoms with Crippen LogP contribution >= 0.6 is 23.2 Å². The summed E-state index contributed by atoms with van der Waals surface area (Å²) in [6.07, 6.45) is 0.645. The van der Waals surface area contributed by atoms with Gasteiger partial charge in [0.2, 0.25) is 10.0 Å². The smallest absolute Gasteiger partial charge is 0.318 e. The molecule has 36 heavy (non-hydrogen) atoms. The molecule has 2 aromatic carbocycles. The van der Waals surface area contributed by atoms with Gasteiger partial charge in [-0.25, -0.2) is 13.6 Å². The van der Waals surface area contributed by atoms with Crippen molar-refractivity contribution in [1.82, 2.24) is 9.97 Å². The number of hydrogen-bond acceptors (Lipinski definition) is 7. The number of nitrogens with zero attached hydrogens (tertiary/aromatic N) is 2. The lowest BCUT2D eigenvalue weighted by Crippen LogP contribution is -2.43. The summed E-state index contributed by atoms with van der Waals surface area (Å²) in [4.78, 5) is 21.8. The number of carbonyl (C=O) groups is 1. The number of primary sulfonamides is 1. The number of Topliss-reactive ketones (excluding diaryl/α,β-unsaturated/α-hetero) is 1. The number of ether oxygens (including phenoxy) is 1. The fraction of sp³-hybridized carbons (Fsp3) is 0.320. The monoisotopic (exact) mass is 550 g/mol. The van der Waals surface area contributed by atoms with E-state index in [1.807, 2.05) is 12.1 Å². The molecule has 0 aliphatic rings. The normalized spacial score (nSPS) is 12.8.